The maximum atomic E-state index is 12.6. The van der Waals surface area contributed by atoms with Gasteiger partial charge in [0.2, 0.25) is 0 Å². The Hall–Kier alpha value is -3.42. The number of carbonyl (C=O) groups is 1. The van der Waals surface area contributed by atoms with Gasteiger partial charge in [-0.05, 0) is 18.2 Å². The smallest absolute Gasteiger partial charge is 0.325 e. The third-order valence-corrected chi connectivity index (χ3v) is 3.42. The summed E-state index contributed by atoms with van der Waals surface area (Å²) in [5.41, 5.74) is 0.0860. The second kappa shape index (κ2) is 5.41. The predicted molar refractivity (Wildman–Crippen MR) is 81.8 cm³/mol. The molecule has 3 rings (SSSR count). The molecule has 0 fully saturated rings. The van der Waals surface area contributed by atoms with Crippen LogP contribution in [0.1, 0.15) is 0 Å². The Morgan fingerprint density at radius 1 is 1.17 bits per heavy atom. The first-order chi connectivity index (χ1) is 11.0. The molecule has 0 unspecified atom stereocenters. The number of carboxylic acid groups (broad SMARTS) is 1. The minimum Gasteiger partial charge on any atom is -0.480 e. The maximum Gasteiger partial charge on any atom is 0.325 e. The highest BCUT2D eigenvalue weighted by molar-refractivity contribution is 5.83. The molecule has 0 bridgehead atoms. The van der Waals surface area contributed by atoms with Crippen LogP contribution < -0.4 is 5.56 Å². The first-order valence-corrected chi connectivity index (χ1v) is 6.66. The number of nitro groups is 1. The van der Waals surface area contributed by atoms with Gasteiger partial charge in [-0.15, -0.1) is 0 Å². The summed E-state index contributed by atoms with van der Waals surface area (Å²) in [4.78, 5) is 34.1. The lowest BCUT2D eigenvalue weighted by Crippen LogP contribution is -2.23. The van der Waals surface area contributed by atoms with Gasteiger partial charge < -0.3 is 5.11 Å². The molecule has 0 aliphatic rings. The van der Waals surface area contributed by atoms with E-state index >= 15 is 0 Å². The Morgan fingerprint density at radius 3 is 2.48 bits per heavy atom. The first kappa shape index (κ1) is 14.5. The number of nitrogens with zero attached hydrogens (tertiary/aromatic N) is 3. The van der Waals surface area contributed by atoms with Crippen LogP contribution in [-0.4, -0.2) is 25.4 Å². The number of benzene rings is 2. The quantitative estimate of drug-likeness (QED) is 0.583. The van der Waals surface area contributed by atoms with Gasteiger partial charge in [0, 0.05) is 12.1 Å². The van der Waals surface area contributed by atoms with Crippen molar-refractivity contribution >= 4 is 22.6 Å². The Kier molecular flexibility index (Phi) is 3.41. The van der Waals surface area contributed by atoms with Crippen molar-refractivity contribution in [2.75, 3.05) is 0 Å². The largest absolute Gasteiger partial charge is 0.480 e. The zero-order valence-corrected chi connectivity index (χ0v) is 11.7. The summed E-state index contributed by atoms with van der Waals surface area (Å²) in [6.45, 7) is -0.439. The summed E-state index contributed by atoms with van der Waals surface area (Å²) < 4.78 is 2.50. The number of rotatable bonds is 4. The van der Waals surface area contributed by atoms with Gasteiger partial charge in [0.15, 0.2) is 0 Å². The van der Waals surface area contributed by atoms with Crippen LogP contribution in [0.25, 0.3) is 16.6 Å². The van der Waals surface area contributed by atoms with Crippen molar-refractivity contribution in [1.82, 2.24) is 9.36 Å². The average Bonchev–Trinajstić information content (AvgIpc) is 2.79. The van der Waals surface area contributed by atoms with E-state index in [0.29, 0.717) is 11.2 Å². The molecule has 0 saturated heterocycles. The van der Waals surface area contributed by atoms with E-state index in [2.05, 4.69) is 0 Å². The van der Waals surface area contributed by atoms with E-state index < -0.39 is 23.0 Å². The number of non-ortho nitro benzene ring substituents is 1. The summed E-state index contributed by atoms with van der Waals surface area (Å²) in [7, 11) is 0. The van der Waals surface area contributed by atoms with Crippen molar-refractivity contribution in [3.05, 3.63) is 69.0 Å². The molecular weight excluding hydrogens is 302 g/mol. The lowest BCUT2D eigenvalue weighted by atomic mass is 10.2. The molecular formula is C15H11N3O5. The van der Waals surface area contributed by atoms with Gasteiger partial charge in [-0.2, -0.15) is 0 Å². The van der Waals surface area contributed by atoms with Crippen LogP contribution in [-0.2, 0) is 11.3 Å². The number of hydrogen-bond donors (Lipinski definition) is 1. The molecule has 8 heteroatoms. The minimum absolute atomic E-state index is 0.101. The molecule has 23 heavy (non-hydrogen) atoms. The van der Waals surface area contributed by atoms with Gasteiger partial charge in [-0.3, -0.25) is 24.4 Å². The number of hydrogen-bond acceptors (Lipinski definition) is 4. The van der Waals surface area contributed by atoms with Crippen LogP contribution in [0, 0.1) is 10.1 Å². The second-order valence-electron chi connectivity index (χ2n) is 4.86. The number of carboxylic acids is 1. The Balaban J connectivity index is 2.37. The molecule has 1 N–H and O–H groups in total. The zero-order valence-electron chi connectivity index (χ0n) is 11.7. The van der Waals surface area contributed by atoms with E-state index in [0.717, 1.165) is 6.07 Å². The van der Waals surface area contributed by atoms with E-state index in [1.807, 2.05) is 0 Å². The Labute approximate surface area is 128 Å². The highest BCUT2D eigenvalue weighted by atomic mass is 16.6. The number of aliphatic carboxylic acids is 1. The molecule has 0 aliphatic heterocycles. The van der Waals surface area contributed by atoms with Crippen molar-refractivity contribution in [3.8, 4) is 5.69 Å². The number of nitro benzene ring substituents is 1. The topological polar surface area (TPSA) is 107 Å². The lowest BCUT2D eigenvalue weighted by molar-refractivity contribution is -0.384. The summed E-state index contributed by atoms with van der Waals surface area (Å²) in [6, 6.07) is 12.3. The molecule has 0 radical (unpaired) electrons. The van der Waals surface area contributed by atoms with E-state index in [-0.39, 0.29) is 11.1 Å². The van der Waals surface area contributed by atoms with E-state index in [9.17, 15) is 19.7 Å². The first-order valence-electron chi connectivity index (χ1n) is 6.66. The van der Waals surface area contributed by atoms with Crippen LogP contribution in [0.2, 0.25) is 0 Å². The number of para-hydroxylation sites is 1. The third kappa shape index (κ3) is 2.46. The molecule has 116 valence electrons. The highest BCUT2D eigenvalue weighted by Gasteiger charge is 2.19. The van der Waals surface area contributed by atoms with Gasteiger partial charge >= 0.3 is 5.97 Å². The molecule has 0 saturated carbocycles. The highest BCUT2D eigenvalue weighted by Crippen LogP contribution is 2.20. The molecule has 1 aromatic heterocycles. The van der Waals surface area contributed by atoms with Crippen molar-refractivity contribution in [1.29, 1.82) is 0 Å². The fraction of sp³-hybridized carbons (Fsp3) is 0.0667. The summed E-state index contributed by atoms with van der Waals surface area (Å²) >= 11 is 0. The van der Waals surface area contributed by atoms with Crippen molar-refractivity contribution < 1.29 is 14.8 Å². The summed E-state index contributed by atoms with van der Waals surface area (Å²) in [6.07, 6.45) is 0. The van der Waals surface area contributed by atoms with Gasteiger partial charge in [-0.25, -0.2) is 4.68 Å². The Bertz CT molecular complexity index is 972. The standard InChI is InChI=1S/C15H11N3O5/c19-14(20)9-16-13-7-6-11(18(22)23)8-12(13)15(21)17(16)10-4-2-1-3-5-10/h1-8H,9H2,(H,19,20). The molecule has 0 amide bonds. The monoisotopic (exact) mass is 313 g/mol. The molecule has 1 heterocycles. The van der Waals surface area contributed by atoms with Gasteiger partial charge in [0.05, 0.1) is 21.5 Å². The van der Waals surface area contributed by atoms with Crippen LogP contribution >= 0.6 is 0 Å². The van der Waals surface area contributed by atoms with E-state index in [1.165, 1.54) is 21.5 Å². The zero-order chi connectivity index (χ0) is 16.6. The molecule has 3 aromatic rings. The molecule has 0 aliphatic carbocycles. The van der Waals surface area contributed by atoms with Crippen LogP contribution in [0.5, 0.6) is 0 Å². The van der Waals surface area contributed by atoms with Gasteiger partial charge in [-0.1, -0.05) is 18.2 Å². The van der Waals surface area contributed by atoms with Crippen LogP contribution in [0.3, 0.4) is 0 Å². The Morgan fingerprint density at radius 2 is 1.87 bits per heavy atom. The van der Waals surface area contributed by atoms with Crippen LogP contribution in [0.15, 0.2) is 53.3 Å². The van der Waals surface area contributed by atoms with Gasteiger partial charge in [0.1, 0.15) is 6.54 Å². The normalized spacial score (nSPS) is 10.8. The maximum absolute atomic E-state index is 12.6. The number of aromatic nitrogens is 2. The average molecular weight is 313 g/mol. The summed E-state index contributed by atoms with van der Waals surface area (Å²) in [5, 5.41) is 20.1. The third-order valence-electron chi connectivity index (χ3n) is 3.42. The molecule has 2 aromatic carbocycles. The molecule has 8 nitrogen and oxygen atoms in total. The van der Waals surface area contributed by atoms with Crippen molar-refractivity contribution in [2.45, 2.75) is 6.54 Å². The lowest BCUT2D eigenvalue weighted by Gasteiger charge is -2.10. The molecule has 0 atom stereocenters. The number of fused-ring (bicyclic) bond motifs is 1. The van der Waals surface area contributed by atoms with Gasteiger partial charge in [0.25, 0.3) is 11.2 Å². The fourth-order valence-corrected chi connectivity index (χ4v) is 2.48. The minimum atomic E-state index is -1.12. The summed E-state index contributed by atoms with van der Waals surface area (Å²) in [5.74, 6) is -1.12. The van der Waals surface area contributed by atoms with E-state index in [1.54, 1.807) is 30.3 Å². The predicted octanol–water partition coefficient (Wildman–Crippen LogP) is 1.78. The fourth-order valence-electron chi connectivity index (χ4n) is 2.48. The second-order valence-corrected chi connectivity index (χ2v) is 4.86. The molecule has 0 spiro atoms. The van der Waals surface area contributed by atoms with Crippen LogP contribution in [0.4, 0.5) is 5.69 Å². The van der Waals surface area contributed by atoms with Crippen molar-refractivity contribution in [3.63, 3.8) is 0 Å². The SMILES string of the molecule is O=C(O)Cn1c2ccc([N+](=O)[O-])cc2c(=O)n1-c1ccccc1. The van der Waals surface area contributed by atoms with Crippen molar-refractivity contribution in [2.24, 2.45) is 0 Å². The van der Waals surface area contributed by atoms with E-state index in [4.69, 9.17) is 5.11 Å².